The van der Waals surface area contributed by atoms with Crippen LogP contribution < -0.4 is 5.32 Å². The highest BCUT2D eigenvalue weighted by atomic mass is 32.2. The van der Waals surface area contributed by atoms with Gasteiger partial charge in [0.15, 0.2) is 0 Å². The van der Waals surface area contributed by atoms with Crippen molar-refractivity contribution in [2.75, 3.05) is 11.6 Å². The summed E-state index contributed by atoms with van der Waals surface area (Å²) in [4.78, 5) is 13.5. The number of carbonyl (C=O) groups excluding carboxylic acids is 1. The van der Waals surface area contributed by atoms with Crippen LogP contribution in [0, 0.1) is 6.92 Å². The summed E-state index contributed by atoms with van der Waals surface area (Å²) in [6.45, 7) is 8.12. The number of anilines is 1. The van der Waals surface area contributed by atoms with Crippen molar-refractivity contribution in [2.24, 2.45) is 0 Å². The highest BCUT2D eigenvalue weighted by molar-refractivity contribution is 7.98. The van der Waals surface area contributed by atoms with Crippen molar-refractivity contribution in [1.29, 1.82) is 0 Å². The molecule has 1 amide bonds. The Hall–Kier alpha value is -1.75. The van der Waals surface area contributed by atoms with Gasteiger partial charge in [0.25, 0.3) is 5.91 Å². The van der Waals surface area contributed by atoms with Gasteiger partial charge in [-0.05, 0) is 52.1 Å². The predicted octanol–water partition coefficient (Wildman–Crippen LogP) is 3.92. The van der Waals surface area contributed by atoms with E-state index in [1.165, 1.54) is 0 Å². The molecule has 0 saturated carbocycles. The Balaban J connectivity index is 2.23. The minimum atomic E-state index is -0.138. The van der Waals surface area contributed by atoms with Crippen LogP contribution in [-0.4, -0.2) is 21.9 Å². The molecule has 0 aliphatic rings. The van der Waals surface area contributed by atoms with E-state index in [2.05, 4.69) is 31.2 Å². The summed E-state index contributed by atoms with van der Waals surface area (Å²) in [5, 5.41) is 7.27. The first-order chi connectivity index (χ1) is 9.82. The molecule has 2 aromatic rings. The molecule has 0 unspecified atom stereocenters. The fraction of sp³-hybridized carbons (Fsp3) is 0.375. The van der Waals surface area contributed by atoms with E-state index in [-0.39, 0.29) is 11.4 Å². The number of rotatable bonds is 3. The number of benzene rings is 1. The van der Waals surface area contributed by atoms with Gasteiger partial charge in [0.05, 0.1) is 17.3 Å². The van der Waals surface area contributed by atoms with Gasteiger partial charge in [0, 0.05) is 16.3 Å². The average molecular weight is 303 g/mol. The molecule has 1 N–H and O–H groups in total. The third kappa shape index (κ3) is 3.47. The van der Waals surface area contributed by atoms with Crippen molar-refractivity contribution in [2.45, 2.75) is 38.1 Å². The zero-order valence-electron chi connectivity index (χ0n) is 13.1. The van der Waals surface area contributed by atoms with E-state index in [4.69, 9.17) is 0 Å². The van der Waals surface area contributed by atoms with Crippen LogP contribution in [0.5, 0.6) is 0 Å². The van der Waals surface area contributed by atoms with Gasteiger partial charge >= 0.3 is 0 Å². The molecule has 0 spiro atoms. The number of nitrogens with zero attached hydrogens (tertiary/aromatic N) is 2. The molecule has 0 saturated heterocycles. The Labute approximate surface area is 129 Å². The van der Waals surface area contributed by atoms with Crippen molar-refractivity contribution in [3.05, 3.63) is 41.7 Å². The predicted molar refractivity (Wildman–Crippen MR) is 88.1 cm³/mol. The number of thioether (sulfide) groups is 1. The average Bonchev–Trinajstić information content (AvgIpc) is 2.80. The fourth-order valence-corrected chi connectivity index (χ4v) is 2.67. The maximum absolute atomic E-state index is 12.4. The molecule has 0 aliphatic carbocycles. The van der Waals surface area contributed by atoms with Gasteiger partial charge in [-0.3, -0.25) is 9.48 Å². The summed E-state index contributed by atoms with van der Waals surface area (Å²) in [5.41, 5.74) is 2.15. The van der Waals surface area contributed by atoms with Gasteiger partial charge in [-0.25, -0.2) is 0 Å². The molecule has 2 rings (SSSR count). The van der Waals surface area contributed by atoms with Crippen molar-refractivity contribution < 1.29 is 4.79 Å². The SMILES string of the molecule is CSc1cccc(NC(=O)c2cnn(C(C)(C)C)c2C)c1. The van der Waals surface area contributed by atoms with Crippen LogP contribution in [0.2, 0.25) is 0 Å². The van der Waals surface area contributed by atoms with E-state index < -0.39 is 0 Å². The normalized spacial score (nSPS) is 11.5. The fourth-order valence-electron chi connectivity index (χ4n) is 2.21. The van der Waals surface area contributed by atoms with Gasteiger partial charge in [0.1, 0.15) is 0 Å². The Kier molecular flexibility index (Phi) is 4.42. The maximum Gasteiger partial charge on any atom is 0.259 e. The lowest BCUT2D eigenvalue weighted by Gasteiger charge is -2.21. The zero-order chi connectivity index (χ0) is 15.6. The molecule has 0 atom stereocenters. The summed E-state index contributed by atoms with van der Waals surface area (Å²) in [7, 11) is 0. The summed E-state index contributed by atoms with van der Waals surface area (Å²) in [6, 6.07) is 7.81. The first-order valence-electron chi connectivity index (χ1n) is 6.83. The van der Waals surface area contributed by atoms with Gasteiger partial charge in [0.2, 0.25) is 0 Å². The zero-order valence-corrected chi connectivity index (χ0v) is 13.9. The minimum Gasteiger partial charge on any atom is -0.322 e. The topological polar surface area (TPSA) is 46.9 Å². The second kappa shape index (κ2) is 5.93. The third-order valence-corrected chi connectivity index (χ3v) is 3.94. The van der Waals surface area contributed by atoms with Crippen molar-refractivity contribution >= 4 is 23.4 Å². The third-order valence-electron chi connectivity index (χ3n) is 3.22. The van der Waals surface area contributed by atoms with Crippen molar-refractivity contribution in [3.63, 3.8) is 0 Å². The molecule has 0 aliphatic heterocycles. The molecule has 0 fully saturated rings. The van der Waals surface area contributed by atoms with Crippen LogP contribution in [0.25, 0.3) is 0 Å². The molecule has 5 heteroatoms. The van der Waals surface area contributed by atoms with E-state index >= 15 is 0 Å². The van der Waals surface area contributed by atoms with E-state index in [1.54, 1.807) is 18.0 Å². The van der Waals surface area contributed by atoms with Gasteiger partial charge in [-0.2, -0.15) is 5.10 Å². The highest BCUT2D eigenvalue weighted by Crippen LogP contribution is 2.21. The van der Waals surface area contributed by atoms with Crippen molar-refractivity contribution in [3.8, 4) is 0 Å². The summed E-state index contributed by atoms with van der Waals surface area (Å²) in [6.07, 6.45) is 3.65. The van der Waals surface area contributed by atoms with Crippen LogP contribution >= 0.6 is 11.8 Å². The second-order valence-corrected chi connectivity index (χ2v) is 6.79. The summed E-state index contributed by atoms with van der Waals surface area (Å²) < 4.78 is 1.88. The Morgan fingerprint density at radius 3 is 2.62 bits per heavy atom. The largest absolute Gasteiger partial charge is 0.322 e. The number of hydrogen-bond acceptors (Lipinski definition) is 3. The maximum atomic E-state index is 12.4. The molecule has 1 aromatic heterocycles. The van der Waals surface area contributed by atoms with Crippen molar-refractivity contribution in [1.82, 2.24) is 9.78 Å². The number of nitrogens with one attached hydrogen (secondary N) is 1. The molecule has 1 heterocycles. The quantitative estimate of drug-likeness (QED) is 0.874. The van der Waals surface area contributed by atoms with Crippen LogP contribution in [0.1, 0.15) is 36.8 Å². The van der Waals surface area contributed by atoms with Gasteiger partial charge in [-0.1, -0.05) is 6.07 Å². The molecular weight excluding hydrogens is 282 g/mol. The number of hydrogen-bond donors (Lipinski definition) is 1. The monoisotopic (exact) mass is 303 g/mol. The smallest absolute Gasteiger partial charge is 0.259 e. The minimum absolute atomic E-state index is 0.124. The standard InChI is InChI=1S/C16H21N3OS/c1-11-14(10-17-19(11)16(2,3)4)15(20)18-12-7-6-8-13(9-12)21-5/h6-10H,1-5H3,(H,18,20). The van der Waals surface area contributed by atoms with E-state index in [0.29, 0.717) is 5.56 Å². The molecular formula is C16H21N3OS. The summed E-state index contributed by atoms with van der Waals surface area (Å²) in [5.74, 6) is -0.124. The lowest BCUT2D eigenvalue weighted by atomic mass is 10.1. The number of aromatic nitrogens is 2. The van der Waals surface area contributed by atoms with Gasteiger partial charge in [-0.15, -0.1) is 11.8 Å². The van der Waals surface area contributed by atoms with E-state index in [9.17, 15) is 4.79 Å². The molecule has 21 heavy (non-hydrogen) atoms. The highest BCUT2D eigenvalue weighted by Gasteiger charge is 2.21. The first kappa shape index (κ1) is 15.6. The Bertz CT molecular complexity index is 656. The van der Waals surface area contributed by atoms with Crippen LogP contribution in [0.4, 0.5) is 5.69 Å². The van der Waals surface area contributed by atoms with E-state index in [1.807, 2.05) is 42.1 Å². The van der Waals surface area contributed by atoms with Crippen LogP contribution in [0.3, 0.4) is 0 Å². The Morgan fingerprint density at radius 1 is 1.33 bits per heavy atom. The Morgan fingerprint density at radius 2 is 2.05 bits per heavy atom. The van der Waals surface area contributed by atoms with Crippen LogP contribution in [0.15, 0.2) is 35.4 Å². The first-order valence-corrected chi connectivity index (χ1v) is 8.06. The lowest BCUT2D eigenvalue weighted by Crippen LogP contribution is -2.25. The lowest BCUT2D eigenvalue weighted by molar-refractivity contribution is 0.102. The summed E-state index contributed by atoms with van der Waals surface area (Å²) >= 11 is 1.65. The molecule has 1 aromatic carbocycles. The molecule has 0 bridgehead atoms. The molecule has 4 nitrogen and oxygen atoms in total. The molecule has 0 radical (unpaired) electrons. The van der Waals surface area contributed by atoms with E-state index in [0.717, 1.165) is 16.3 Å². The molecule has 112 valence electrons. The van der Waals surface area contributed by atoms with Crippen LogP contribution in [-0.2, 0) is 5.54 Å². The van der Waals surface area contributed by atoms with Gasteiger partial charge < -0.3 is 5.32 Å². The number of amides is 1. The number of carbonyl (C=O) groups is 1. The second-order valence-electron chi connectivity index (χ2n) is 5.91.